The summed E-state index contributed by atoms with van der Waals surface area (Å²) in [6.45, 7) is 6.58. The lowest BCUT2D eigenvalue weighted by Gasteiger charge is -2.26. The molecule has 0 amide bonds. The van der Waals surface area contributed by atoms with Crippen molar-refractivity contribution in [1.82, 2.24) is 10.3 Å². The van der Waals surface area contributed by atoms with Crippen LogP contribution in [0.25, 0.3) is 0 Å². The number of nitrogens with zero attached hydrogens (tertiary/aromatic N) is 2. The number of ether oxygens (including phenoxy) is 1. The summed E-state index contributed by atoms with van der Waals surface area (Å²) in [6, 6.07) is 0. The lowest BCUT2D eigenvalue weighted by Crippen LogP contribution is -2.35. The molecular formula is C10H15N3O. The molecule has 2 aliphatic heterocycles. The van der Waals surface area contributed by atoms with Crippen LogP contribution in [-0.2, 0) is 4.74 Å². The Morgan fingerprint density at radius 3 is 3.29 bits per heavy atom. The molecule has 0 aromatic rings. The largest absolute Gasteiger partial charge is 0.492 e. The van der Waals surface area contributed by atoms with Gasteiger partial charge < -0.3 is 10.1 Å². The van der Waals surface area contributed by atoms with Crippen LogP contribution in [0.4, 0.5) is 0 Å². The maximum absolute atomic E-state index is 5.31. The second kappa shape index (κ2) is 4.17. The smallest absolute Gasteiger partial charge is 0.135 e. The molecule has 1 fully saturated rings. The zero-order valence-electron chi connectivity index (χ0n) is 8.20. The predicted molar refractivity (Wildman–Crippen MR) is 55.6 cm³/mol. The van der Waals surface area contributed by atoms with Crippen LogP contribution in [-0.4, -0.2) is 30.9 Å². The van der Waals surface area contributed by atoms with E-state index in [0.29, 0.717) is 0 Å². The fraction of sp³-hybridized carbons (Fsp3) is 0.500. The van der Waals surface area contributed by atoms with Gasteiger partial charge in [0.05, 0.1) is 12.8 Å². The quantitative estimate of drug-likeness (QED) is 0.666. The van der Waals surface area contributed by atoms with Gasteiger partial charge in [-0.05, 0) is 12.5 Å². The molecule has 2 aliphatic rings. The lowest BCUT2D eigenvalue weighted by molar-refractivity contribution is 0.260. The van der Waals surface area contributed by atoms with Crippen molar-refractivity contribution in [2.45, 2.75) is 12.8 Å². The van der Waals surface area contributed by atoms with Gasteiger partial charge in [0.1, 0.15) is 11.6 Å². The van der Waals surface area contributed by atoms with Crippen molar-refractivity contribution in [3.63, 3.8) is 0 Å². The van der Waals surface area contributed by atoms with Crippen LogP contribution in [0.1, 0.15) is 12.8 Å². The Balaban J connectivity index is 1.91. The van der Waals surface area contributed by atoms with Gasteiger partial charge in [-0.25, -0.2) is 0 Å². The molecule has 4 heteroatoms. The first kappa shape index (κ1) is 9.12. The monoisotopic (exact) mass is 193 g/mol. The summed E-state index contributed by atoms with van der Waals surface area (Å²) in [5.74, 6) is 1.73. The zero-order chi connectivity index (χ0) is 9.80. The molecule has 2 rings (SSSR count). The van der Waals surface area contributed by atoms with Gasteiger partial charge in [-0.1, -0.05) is 6.58 Å². The molecule has 1 N–H and O–H groups in total. The van der Waals surface area contributed by atoms with Crippen LogP contribution in [0.15, 0.2) is 29.3 Å². The fourth-order valence-electron chi connectivity index (χ4n) is 1.47. The average molecular weight is 193 g/mol. The molecule has 0 atom stereocenters. The molecule has 0 bridgehead atoms. The van der Waals surface area contributed by atoms with Gasteiger partial charge in [-0.2, -0.15) is 5.10 Å². The maximum atomic E-state index is 5.31. The second-order valence-corrected chi connectivity index (χ2v) is 3.34. The highest BCUT2D eigenvalue weighted by atomic mass is 16.5. The predicted octanol–water partition coefficient (Wildman–Crippen LogP) is 1.04. The first-order chi connectivity index (χ1) is 6.86. The minimum absolute atomic E-state index is 0.778. The Labute approximate surface area is 83.9 Å². The molecule has 4 nitrogen and oxygen atoms in total. The second-order valence-electron chi connectivity index (χ2n) is 3.34. The standard InChI is InChI=1S/C10H15N3O/c1-9-11-5-3-6-13(9)12-8-10-4-2-7-14-10/h4,8,11H,1-3,5-7H2/b12-8-. The fourth-order valence-corrected chi connectivity index (χ4v) is 1.47. The van der Waals surface area contributed by atoms with E-state index < -0.39 is 0 Å². The van der Waals surface area contributed by atoms with Crippen molar-refractivity contribution in [2.75, 3.05) is 19.7 Å². The van der Waals surface area contributed by atoms with Crippen LogP contribution in [0, 0.1) is 0 Å². The van der Waals surface area contributed by atoms with Gasteiger partial charge in [-0.3, -0.25) is 5.01 Å². The van der Waals surface area contributed by atoms with E-state index in [4.69, 9.17) is 4.74 Å². The third kappa shape index (κ3) is 2.07. The lowest BCUT2D eigenvalue weighted by atomic mass is 10.3. The molecule has 2 heterocycles. The molecular weight excluding hydrogens is 178 g/mol. The van der Waals surface area contributed by atoms with E-state index in [1.54, 1.807) is 6.21 Å². The van der Waals surface area contributed by atoms with Crippen LogP contribution in [0.5, 0.6) is 0 Å². The van der Waals surface area contributed by atoms with E-state index in [-0.39, 0.29) is 0 Å². The van der Waals surface area contributed by atoms with Crippen LogP contribution in [0.2, 0.25) is 0 Å². The van der Waals surface area contributed by atoms with Gasteiger partial charge in [0.2, 0.25) is 0 Å². The summed E-state index contributed by atoms with van der Waals surface area (Å²) in [7, 11) is 0. The molecule has 0 aromatic carbocycles. The molecule has 0 aliphatic carbocycles. The molecule has 1 saturated heterocycles. The van der Waals surface area contributed by atoms with Crippen molar-refractivity contribution in [3.05, 3.63) is 24.2 Å². The number of allylic oxidation sites excluding steroid dienone is 1. The van der Waals surface area contributed by atoms with Crippen LogP contribution < -0.4 is 5.32 Å². The number of hydrogen-bond acceptors (Lipinski definition) is 4. The van der Waals surface area contributed by atoms with Gasteiger partial charge in [0.15, 0.2) is 0 Å². The minimum Gasteiger partial charge on any atom is -0.492 e. The van der Waals surface area contributed by atoms with Crippen molar-refractivity contribution < 1.29 is 4.74 Å². The highest BCUT2D eigenvalue weighted by Crippen LogP contribution is 2.09. The molecule has 0 radical (unpaired) electrons. The summed E-state index contributed by atoms with van der Waals surface area (Å²) in [6.07, 6.45) is 5.88. The van der Waals surface area contributed by atoms with E-state index in [2.05, 4.69) is 17.0 Å². The molecule has 0 unspecified atom stereocenters. The van der Waals surface area contributed by atoms with E-state index in [1.165, 1.54) is 0 Å². The van der Waals surface area contributed by atoms with Crippen molar-refractivity contribution in [2.24, 2.45) is 5.10 Å². The van der Waals surface area contributed by atoms with Crippen molar-refractivity contribution >= 4 is 6.21 Å². The summed E-state index contributed by atoms with van der Waals surface area (Å²) in [5.41, 5.74) is 0. The summed E-state index contributed by atoms with van der Waals surface area (Å²) < 4.78 is 5.31. The number of rotatable bonds is 2. The first-order valence-electron chi connectivity index (χ1n) is 4.93. The van der Waals surface area contributed by atoms with E-state index >= 15 is 0 Å². The maximum Gasteiger partial charge on any atom is 0.135 e. The Morgan fingerprint density at radius 1 is 1.64 bits per heavy atom. The summed E-state index contributed by atoms with van der Waals surface area (Å²) in [4.78, 5) is 0. The van der Waals surface area contributed by atoms with E-state index in [0.717, 1.165) is 44.1 Å². The van der Waals surface area contributed by atoms with Crippen molar-refractivity contribution in [3.8, 4) is 0 Å². The highest BCUT2D eigenvalue weighted by molar-refractivity contribution is 5.76. The third-order valence-electron chi connectivity index (χ3n) is 2.24. The SMILES string of the molecule is C=C1NCCCN1/N=C\C1=CCCO1. The summed E-state index contributed by atoms with van der Waals surface area (Å²) in [5, 5.41) is 9.33. The van der Waals surface area contributed by atoms with Crippen LogP contribution in [0.3, 0.4) is 0 Å². The van der Waals surface area contributed by atoms with Gasteiger partial charge in [0, 0.05) is 19.5 Å². The van der Waals surface area contributed by atoms with Gasteiger partial charge >= 0.3 is 0 Å². The molecule has 14 heavy (non-hydrogen) atoms. The van der Waals surface area contributed by atoms with Gasteiger partial charge in [-0.15, -0.1) is 0 Å². The Hall–Kier alpha value is -1.45. The Bertz CT molecular complexity index is 283. The average Bonchev–Trinajstić information content (AvgIpc) is 2.69. The Kier molecular flexibility index (Phi) is 2.72. The van der Waals surface area contributed by atoms with Crippen molar-refractivity contribution in [1.29, 1.82) is 0 Å². The first-order valence-corrected chi connectivity index (χ1v) is 4.93. The zero-order valence-corrected chi connectivity index (χ0v) is 8.20. The summed E-state index contributed by atoms with van der Waals surface area (Å²) >= 11 is 0. The van der Waals surface area contributed by atoms with Crippen LogP contribution >= 0.6 is 0 Å². The Morgan fingerprint density at radius 2 is 2.57 bits per heavy atom. The topological polar surface area (TPSA) is 36.9 Å². The number of hydrazone groups is 1. The number of hydrogen-bond donors (Lipinski definition) is 1. The highest BCUT2D eigenvalue weighted by Gasteiger charge is 2.10. The molecule has 0 spiro atoms. The minimum atomic E-state index is 0.778. The molecule has 0 aromatic heterocycles. The van der Waals surface area contributed by atoms with Gasteiger partial charge in [0.25, 0.3) is 0 Å². The normalized spacial score (nSPS) is 22.1. The van der Waals surface area contributed by atoms with E-state index in [9.17, 15) is 0 Å². The molecule has 0 saturated carbocycles. The van der Waals surface area contributed by atoms with E-state index in [1.807, 2.05) is 11.1 Å². The third-order valence-corrected chi connectivity index (χ3v) is 2.24. The molecule has 76 valence electrons. The number of nitrogens with one attached hydrogen (secondary N) is 1.